The molecule has 31 heavy (non-hydrogen) atoms. The number of ether oxygens (including phenoxy) is 2. The van der Waals surface area contributed by atoms with Gasteiger partial charge in [-0.25, -0.2) is 9.48 Å². The summed E-state index contributed by atoms with van der Waals surface area (Å²) >= 11 is 0. The summed E-state index contributed by atoms with van der Waals surface area (Å²) in [7, 11) is 0. The second-order valence-electron chi connectivity index (χ2n) is 8.45. The van der Waals surface area contributed by atoms with E-state index in [1.807, 2.05) is 19.1 Å². The number of hydrogen-bond acceptors (Lipinski definition) is 5. The molecule has 0 atom stereocenters. The number of carbonyl (C=O) groups is 1. The van der Waals surface area contributed by atoms with Crippen molar-refractivity contribution in [2.24, 2.45) is 0 Å². The number of aryl methyl sites for hydroxylation is 1. The van der Waals surface area contributed by atoms with Crippen LogP contribution in [0, 0.1) is 0 Å². The largest absolute Gasteiger partial charge is 0.494 e. The monoisotopic (exact) mass is 428 g/mol. The van der Waals surface area contributed by atoms with Crippen molar-refractivity contribution in [3.8, 4) is 5.75 Å². The first-order valence-electron chi connectivity index (χ1n) is 11.4. The van der Waals surface area contributed by atoms with Crippen LogP contribution in [-0.4, -0.2) is 46.6 Å². The molecule has 2 aliphatic heterocycles. The molecule has 168 valence electrons. The van der Waals surface area contributed by atoms with E-state index >= 15 is 0 Å². The Bertz CT molecular complexity index is 941. The van der Waals surface area contributed by atoms with Crippen LogP contribution in [0.2, 0.25) is 0 Å². The molecule has 0 aliphatic carbocycles. The molecule has 0 bridgehead atoms. The van der Waals surface area contributed by atoms with Crippen molar-refractivity contribution in [2.45, 2.75) is 64.0 Å². The van der Waals surface area contributed by atoms with Crippen LogP contribution in [0.25, 0.3) is 0 Å². The number of nitrogens with one attached hydrogen (secondary N) is 1. The van der Waals surface area contributed by atoms with Crippen molar-refractivity contribution in [1.82, 2.24) is 19.7 Å². The molecule has 1 amide bonds. The molecule has 0 spiro atoms. The maximum Gasteiger partial charge on any atom is 0.346 e. The quantitative estimate of drug-likeness (QED) is 0.729. The van der Waals surface area contributed by atoms with Crippen molar-refractivity contribution in [2.75, 3.05) is 26.4 Å². The van der Waals surface area contributed by atoms with Gasteiger partial charge in [-0.2, -0.15) is 5.10 Å². The van der Waals surface area contributed by atoms with Crippen molar-refractivity contribution < 1.29 is 14.3 Å². The van der Waals surface area contributed by atoms with Crippen LogP contribution >= 0.6 is 0 Å². The van der Waals surface area contributed by atoms with Crippen LogP contribution < -0.4 is 15.7 Å². The number of hydrogen-bond donors (Lipinski definition) is 1. The molecular formula is C23H32N4O4. The number of aromatic nitrogens is 3. The van der Waals surface area contributed by atoms with E-state index in [1.54, 1.807) is 4.57 Å². The summed E-state index contributed by atoms with van der Waals surface area (Å²) in [6.45, 7) is 5.07. The van der Waals surface area contributed by atoms with Gasteiger partial charge in [-0.15, -0.1) is 0 Å². The molecule has 8 heteroatoms. The van der Waals surface area contributed by atoms with E-state index in [0.29, 0.717) is 32.9 Å². The van der Waals surface area contributed by atoms with Crippen LogP contribution in [0.5, 0.6) is 5.75 Å². The van der Waals surface area contributed by atoms with Gasteiger partial charge in [0.2, 0.25) is 5.91 Å². The van der Waals surface area contributed by atoms with Crippen molar-refractivity contribution in [3.63, 3.8) is 0 Å². The van der Waals surface area contributed by atoms with Gasteiger partial charge in [0.1, 0.15) is 18.1 Å². The molecule has 0 radical (unpaired) electrons. The van der Waals surface area contributed by atoms with Gasteiger partial charge in [-0.05, 0) is 50.3 Å². The zero-order valence-electron chi connectivity index (χ0n) is 18.3. The van der Waals surface area contributed by atoms with Gasteiger partial charge in [-0.1, -0.05) is 18.6 Å². The number of benzene rings is 1. The topological polar surface area (TPSA) is 87.4 Å². The first kappa shape index (κ1) is 21.6. The van der Waals surface area contributed by atoms with E-state index < -0.39 is 0 Å². The van der Waals surface area contributed by atoms with Crippen molar-refractivity contribution in [1.29, 1.82) is 0 Å². The molecule has 1 aromatic heterocycles. The van der Waals surface area contributed by atoms with Crippen LogP contribution in [-0.2, 0) is 34.5 Å². The Morgan fingerprint density at radius 3 is 2.71 bits per heavy atom. The summed E-state index contributed by atoms with van der Waals surface area (Å²) in [6.07, 6.45) is 5.60. The first-order valence-corrected chi connectivity index (χ1v) is 11.4. The zero-order valence-corrected chi connectivity index (χ0v) is 18.3. The molecule has 0 unspecified atom stereocenters. The fourth-order valence-electron chi connectivity index (χ4n) is 4.59. The highest BCUT2D eigenvalue weighted by Crippen LogP contribution is 2.35. The van der Waals surface area contributed by atoms with E-state index in [1.165, 1.54) is 10.2 Å². The first-order chi connectivity index (χ1) is 15.1. The lowest BCUT2D eigenvalue weighted by Crippen LogP contribution is -2.46. The zero-order chi connectivity index (χ0) is 21.7. The highest BCUT2D eigenvalue weighted by atomic mass is 16.5. The number of amides is 1. The average molecular weight is 429 g/mol. The molecule has 4 rings (SSSR count). The molecule has 0 saturated carbocycles. The van der Waals surface area contributed by atoms with Crippen LogP contribution in [0.1, 0.15) is 50.4 Å². The molecule has 1 saturated heterocycles. The lowest BCUT2D eigenvalue weighted by Gasteiger charge is -2.38. The van der Waals surface area contributed by atoms with Crippen LogP contribution in [0.3, 0.4) is 0 Å². The molecule has 3 heterocycles. The Kier molecular flexibility index (Phi) is 6.75. The number of fused-ring (bicyclic) bond motifs is 1. The highest BCUT2D eigenvalue weighted by Gasteiger charge is 2.35. The molecular weight excluding hydrogens is 396 g/mol. The van der Waals surface area contributed by atoms with Gasteiger partial charge in [0.05, 0.1) is 6.61 Å². The Morgan fingerprint density at radius 2 is 1.97 bits per heavy atom. The molecule has 1 fully saturated rings. The van der Waals surface area contributed by atoms with Gasteiger partial charge in [0.25, 0.3) is 0 Å². The normalized spacial score (nSPS) is 18.1. The SMILES string of the molecule is CCOc1ccc(C2(CNC(=O)Cn3nc4n(c3=O)CCCCC4)CCOCC2)cc1. The van der Waals surface area contributed by atoms with Gasteiger partial charge in [-0.3, -0.25) is 9.36 Å². The smallest absolute Gasteiger partial charge is 0.346 e. The Morgan fingerprint density at radius 1 is 1.19 bits per heavy atom. The number of nitrogens with zero attached hydrogens (tertiary/aromatic N) is 3. The summed E-state index contributed by atoms with van der Waals surface area (Å²) < 4.78 is 14.2. The number of carbonyl (C=O) groups excluding carboxylic acids is 1. The van der Waals surface area contributed by atoms with E-state index in [0.717, 1.165) is 50.1 Å². The minimum absolute atomic E-state index is 0.0469. The minimum atomic E-state index is -0.188. The summed E-state index contributed by atoms with van der Waals surface area (Å²) in [5.74, 6) is 1.45. The lowest BCUT2D eigenvalue weighted by atomic mass is 9.74. The summed E-state index contributed by atoms with van der Waals surface area (Å²) in [5.41, 5.74) is 0.805. The van der Waals surface area contributed by atoms with Gasteiger partial charge < -0.3 is 14.8 Å². The molecule has 1 N–H and O–H groups in total. The van der Waals surface area contributed by atoms with Crippen molar-refractivity contribution in [3.05, 3.63) is 46.1 Å². The van der Waals surface area contributed by atoms with E-state index in [2.05, 4.69) is 22.5 Å². The Hall–Kier alpha value is -2.61. The third-order valence-corrected chi connectivity index (χ3v) is 6.43. The van der Waals surface area contributed by atoms with Gasteiger partial charge >= 0.3 is 5.69 Å². The van der Waals surface area contributed by atoms with E-state index in [9.17, 15) is 9.59 Å². The maximum atomic E-state index is 12.7. The Balaban J connectivity index is 1.44. The Labute approximate surface area is 182 Å². The van der Waals surface area contributed by atoms with Gasteiger partial charge in [0.15, 0.2) is 0 Å². The molecule has 2 aliphatic rings. The minimum Gasteiger partial charge on any atom is -0.494 e. The second-order valence-corrected chi connectivity index (χ2v) is 8.45. The predicted octanol–water partition coefficient (Wildman–Crippen LogP) is 2.03. The van der Waals surface area contributed by atoms with Gasteiger partial charge in [0, 0.05) is 38.1 Å². The standard InChI is InChI=1S/C23H32N4O4/c1-2-31-19-9-7-18(8-10-19)23(11-14-30-15-12-23)17-24-21(28)16-27-22(29)26-13-5-3-4-6-20(26)25-27/h7-10H,2-6,11-17H2,1H3,(H,24,28). The van der Waals surface area contributed by atoms with Crippen molar-refractivity contribution >= 4 is 5.91 Å². The fourth-order valence-corrected chi connectivity index (χ4v) is 4.59. The highest BCUT2D eigenvalue weighted by molar-refractivity contribution is 5.75. The molecule has 2 aromatic rings. The average Bonchev–Trinajstić information content (AvgIpc) is 2.94. The summed E-state index contributed by atoms with van der Waals surface area (Å²) in [5, 5.41) is 7.49. The lowest BCUT2D eigenvalue weighted by molar-refractivity contribution is -0.122. The van der Waals surface area contributed by atoms with E-state index in [-0.39, 0.29) is 23.6 Å². The third-order valence-electron chi connectivity index (χ3n) is 6.43. The molecule has 8 nitrogen and oxygen atoms in total. The number of rotatable bonds is 7. The van der Waals surface area contributed by atoms with E-state index in [4.69, 9.17) is 9.47 Å². The third kappa shape index (κ3) is 4.84. The van der Waals surface area contributed by atoms with Crippen LogP contribution in [0.4, 0.5) is 0 Å². The second kappa shape index (κ2) is 9.68. The summed E-state index contributed by atoms with van der Waals surface area (Å²) in [4.78, 5) is 25.4. The predicted molar refractivity (Wildman–Crippen MR) is 116 cm³/mol. The van der Waals surface area contributed by atoms with Crippen LogP contribution in [0.15, 0.2) is 29.1 Å². The maximum absolute atomic E-state index is 12.7. The fraction of sp³-hybridized carbons (Fsp3) is 0.609. The molecule has 1 aromatic carbocycles. The summed E-state index contributed by atoms with van der Waals surface area (Å²) in [6, 6.07) is 8.13.